The molecule has 0 radical (unpaired) electrons. The van der Waals surface area contributed by atoms with E-state index < -0.39 is 0 Å². The number of hydrogen-bond acceptors (Lipinski definition) is 4. The molecule has 7 heteroatoms. The number of likely N-dealkylation sites (N-methyl/N-ethyl adjacent to an activating group) is 2. The number of ether oxygens (including phenoxy) is 1. The van der Waals surface area contributed by atoms with Crippen molar-refractivity contribution in [2.75, 3.05) is 33.8 Å². The highest BCUT2D eigenvalue weighted by Gasteiger charge is 2.45. The molecule has 2 atom stereocenters. The third-order valence-corrected chi connectivity index (χ3v) is 5.21. The standard InChI is InChI=1S/C21H23FN4O2/c1-23-10-11-25(2)21(27)26-20(14-6-4-3-5-7-14)17-13-28-18-9-8-15(22)12-16(18)19(17)24-26/h3-9,12,17,20,23H,10-11,13H2,1-2H3/t17-,20+/m0/s1. The number of nitrogens with zero attached hydrogens (tertiary/aromatic N) is 3. The highest BCUT2D eigenvalue weighted by atomic mass is 19.1. The van der Waals surface area contributed by atoms with Crippen molar-refractivity contribution in [3.05, 3.63) is 65.5 Å². The van der Waals surface area contributed by atoms with Crippen molar-refractivity contribution in [2.45, 2.75) is 6.04 Å². The molecule has 0 fully saturated rings. The predicted molar refractivity (Wildman–Crippen MR) is 105 cm³/mol. The van der Waals surface area contributed by atoms with E-state index in [9.17, 15) is 9.18 Å². The summed E-state index contributed by atoms with van der Waals surface area (Å²) in [5, 5.41) is 9.24. The van der Waals surface area contributed by atoms with Crippen molar-refractivity contribution in [3.8, 4) is 5.75 Å². The number of urea groups is 1. The normalized spacial score (nSPS) is 20.1. The monoisotopic (exact) mass is 382 g/mol. The lowest BCUT2D eigenvalue weighted by molar-refractivity contribution is 0.134. The second-order valence-electron chi connectivity index (χ2n) is 7.05. The molecule has 0 aliphatic carbocycles. The van der Waals surface area contributed by atoms with Gasteiger partial charge in [0.05, 0.1) is 24.3 Å². The summed E-state index contributed by atoms with van der Waals surface area (Å²) in [4.78, 5) is 14.8. The number of carbonyl (C=O) groups is 1. The molecular weight excluding hydrogens is 359 g/mol. The molecule has 2 aliphatic heterocycles. The van der Waals surface area contributed by atoms with Crippen molar-refractivity contribution in [1.82, 2.24) is 15.2 Å². The summed E-state index contributed by atoms with van der Waals surface area (Å²) in [7, 11) is 3.60. The maximum absolute atomic E-state index is 13.9. The largest absolute Gasteiger partial charge is 0.492 e. The van der Waals surface area contributed by atoms with Gasteiger partial charge < -0.3 is 15.0 Å². The molecule has 2 aromatic rings. The van der Waals surface area contributed by atoms with Crippen LogP contribution in [0.4, 0.5) is 9.18 Å². The lowest BCUT2D eigenvalue weighted by Crippen LogP contribution is -2.43. The van der Waals surface area contributed by atoms with E-state index in [0.717, 1.165) is 5.56 Å². The third-order valence-electron chi connectivity index (χ3n) is 5.21. The first-order valence-corrected chi connectivity index (χ1v) is 9.35. The lowest BCUT2D eigenvalue weighted by atomic mass is 9.86. The van der Waals surface area contributed by atoms with Gasteiger partial charge in [0.1, 0.15) is 11.6 Å². The zero-order chi connectivity index (χ0) is 19.7. The first-order valence-electron chi connectivity index (χ1n) is 9.35. The second kappa shape index (κ2) is 7.59. The van der Waals surface area contributed by atoms with E-state index in [1.807, 2.05) is 37.4 Å². The number of carbonyl (C=O) groups excluding carboxylic acids is 1. The maximum atomic E-state index is 13.9. The van der Waals surface area contributed by atoms with Crippen LogP contribution in [-0.4, -0.2) is 55.4 Å². The predicted octanol–water partition coefficient (Wildman–Crippen LogP) is 2.87. The highest BCUT2D eigenvalue weighted by Crippen LogP contribution is 2.42. The van der Waals surface area contributed by atoms with Crippen molar-refractivity contribution >= 4 is 11.7 Å². The number of halogens is 1. The average molecular weight is 382 g/mol. The fourth-order valence-corrected chi connectivity index (χ4v) is 3.74. The van der Waals surface area contributed by atoms with Crippen molar-refractivity contribution in [1.29, 1.82) is 0 Å². The minimum Gasteiger partial charge on any atom is -0.492 e. The van der Waals surface area contributed by atoms with E-state index in [0.29, 0.717) is 36.7 Å². The van der Waals surface area contributed by atoms with Crippen LogP contribution in [0.5, 0.6) is 5.75 Å². The van der Waals surface area contributed by atoms with E-state index in [4.69, 9.17) is 4.74 Å². The van der Waals surface area contributed by atoms with Crippen LogP contribution in [0.3, 0.4) is 0 Å². The van der Waals surface area contributed by atoms with Gasteiger partial charge in [-0.2, -0.15) is 5.10 Å². The summed E-state index contributed by atoms with van der Waals surface area (Å²) >= 11 is 0. The van der Waals surface area contributed by atoms with Crippen molar-refractivity contribution in [2.24, 2.45) is 11.0 Å². The van der Waals surface area contributed by atoms with Gasteiger partial charge in [0, 0.05) is 25.7 Å². The maximum Gasteiger partial charge on any atom is 0.340 e. The molecule has 0 unspecified atom stereocenters. The van der Waals surface area contributed by atoms with Gasteiger partial charge in [-0.05, 0) is 30.8 Å². The number of fused-ring (bicyclic) bond motifs is 3. The fraction of sp³-hybridized carbons (Fsp3) is 0.333. The van der Waals surface area contributed by atoms with Crippen LogP contribution in [0.15, 0.2) is 53.6 Å². The Labute approximate surface area is 163 Å². The van der Waals surface area contributed by atoms with Crippen LogP contribution in [-0.2, 0) is 0 Å². The van der Waals surface area contributed by atoms with Crippen LogP contribution in [0.1, 0.15) is 17.2 Å². The molecular formula is C21H23FN4O2. The van der Waals surface area contributed by atoms with Crippen LogP contribution >= 0.6 is 0 Å². The lowest BCUT2D eigenvalue weighted by Gasteiger charge is -2.31. The molecule has 0 saturated carbocycles. The second-order valence-corrected chi connectivity index (χ2v) is 7.05. The molecule has 1 N–H and O–H groups in total. The molecule has 2 amide bonds. The molecule has 0 aromatic heterocycles. The topological polar surface area (TPSA) is 57.2 Å². The molecule has 6 nitrogen and oxygen atoms in total. The van der Waals surface area contributed by atoms with Gasteiger partial charge >= 0.3 is 6.03 Å². The minimum atomic E-state index is -0.349. The van der Waals surface area contributed by atoms with Crippen LogP contribution in [0.2, 0.25) is 0 Å². The molecule has 2 aromatic carbocycles. The Morgan fingerprint density at radius 3 is 2.86 bits per heavy atom. The molecule has 146 valence electrons. The van der Waals surface area contributed by atoms with Gasteiger partial charge in [-0.1, -0.05) is 30.3 Å². The molecule has 28 heavy (non-hydrogen) atoms. The summed E-state index contributed by atoms with van der Waals surface area (Å²) in [6.07, 6.45) is 0. The van der Waals surface area contributed by atoms with E-state index in [-0.39, 0.29) is 23.8 Å². The first-order chi connectivity index (χ1) is 13.6. The van der Waals surface area contributed by atoms with Crippen molar-refractivity contribution < 1.29 is 13.9 Å². The molecule has 0 saturated heterocycles. The van der Waals surface area contributed by atoms with Gasteiger partial charge in [-0.3, -0.25) is 0 Å². The number of hydrogen-bond donors (Lipinski definition) is 1. The van der Waals surface area contributed by atoms with E-state index in [1.165, 1.54) is 17.1 Å². The van der Waals surface area contributed by atoms with Crippen LogP contribution in [0.25, 0.3) is 0 Å². The summed E-state index contributed by atoms with van der Waals surface area (Å²) in [5.41, 5.74) is 2.29. The third kappa shape index (κ3) is 3.22. The smallest absolute Gasteiger partial charge is 0.340 e. The number of amides is 2. The number of benzene rings is 2. The molecule has 0 spiro atoms. The summed E-state index contributed by atoms with van der Waals surface area (Å²) < 4.78 is 19.8. The molecule has 2 heterocycles. The summed E-state index contributed by atoms with van der Waals surface area (Å²) in [5.74, 6) is 0.0947. The molecule has 2 aliphatic rings. The van der Waals surface area contributed by atoms with E-state index in [2.05, 4.69) is 10.4 Å². The summed E-state index contributed by atoms with van der Waals surface area (Å²) in [6.45, 7) is 1.63. The Morgan fingerprint density at radius 1 is 1.32 bits per heavy atom. The average Bonchev–Trinajstić information content (AvgIpc) is 3.12. The Balaban J connectivity index is 1.74. The molecule has 0 bridgehead atoms. The number of rotatable bonds is 4. The zero-order valence-corrected chi connectivity index (χ0v) is 15.9. The van der Waals surface area contributed by atoms with Gasteiger partial charge in [0.25, 0.3) is 0 Å². The number of hydrazone groups is 1. The van der Waals surface area contributed by atoms with Crippen LogP contribution < -0.4 is 10.1 Å². The molecule has 4 rings (SSSR count). The van der Waals surface area contributed by atoms with Gasteiger partial charge in [0.15, 0.2) is 0 Å². The Hall–Kier alpha value is -2.93. The minimum absolute atomic E-state index is 0.154. The first kappa shape index (κ1) is 18.4. The van der Waals surface area contributed by atoms with Crippen LogP contribution in [0, 0.1) is 11.7 Å². The van der Waals surface area contributed by atoms with Crippen molar-refractivity contribution in [3.63, 3.8) is 0 Å². The Kier molecular flexibility index (Phi) is 5.00. The Bertz CT molecular complexity index is 903. The SMILES string of the molecule is CNCCN(C)C(=O)N1N=C2c3cc(F)ccc3OC[C@@H]2[C@H]1c1ccccc1. The summed E-state index contributed by atoms with van der Waals surface area (Å²) in [6, 6.07) is 13.7. The van der Waals surface area contributed by atoms with Gasteiger partial charge in [-0.15, -0.1) is 0 Å². The van der Waals surface area contributed by atoms with E-state index in [1.54, 1.807) is 18.0 Å². The van der Waals surface area contributed by atoms with Gasteiger partial charge in [-0.25, -0.2) is 14.2 Å². The number of nitrogens with one attached hydrogen (secondary N) is 1. The fourth-order valence-electron chi connectivity index (χ4n) is 3.74. The quantitative estimate of drug-likeness (QED) is 0.885. The highest BCUT2D eigenvalue weighted by molar-refractivity contribution is 6.07. The van der Waals surface area contributed by atoms with E-state index >= 15 is 0 Å². The zero-order valence-electron chi connectivity index (χ0n) is 15.9. The van der Waals surface area contributed by atoms with Gasteiger partial charge in [0.2, 0.25) is 0 Å². The Morgan fingerprint density at radius 2 is 2.11 bits per heavy atom.